The average Bonchev–Trinajstić information content (AvgIpc) is 3.29. The molecular formula is C19H17NO5S. The van der Waals surface area contributed by atoms with Crippen LogP contribution in [0.3, 0.4) is 0 Å². The molecule has 0 N–H and O–H groups in total. The van der Waals surface area contributed by atoms with Crippen molar-refractivity contribution in [3.8, 4) is 0 Å². The Kier molecular flexibility index (Phi) is 3.58. The number of hydrogen-bond donors (Lipinski definition) is 0. The highest BCUT2D eigenvalue weighted by atomic mass is 32.2. The molecule has 26 heavy (non-hydrogen) atoms. The zero-order valence-electron chi connectivity index (χ0n) is 14.3. The van der Waals surface area contributed by atoms with E-state index in [2.05, 4.69) is 0 Å². The quantitative estimate of drug-likeness (QED) is 0.467. The molecule has 0 saturated carbocycles. The van der Waals surface area contributed by atoms with Crippen LogP contribution >= 0.6 is 0 Å². The molecule has 2 heterocycles. The zero-order chi connectivity index (χ0) is 18.7. The molecule has 7 heteroatoms. The third-order valence-electron chi connectivity index (χ3n) is 4.89. The van der Waals surface area contributed by atoms with Crippen molar-refractivity contribution in [3.63, 3.8) is 0 Å². The summed E-state index contributed by atoms with van der Waals surface area (Å²) in [4.78, 5) is 25.9. The second-order valence-electron chi connectivity index (χ2n) is 6.42. The molecular weight excluding hydrogens is 354 g/mol. The van der Waals surface area contributed by atoms with E-state index in [1.807, 2.05) is 0 Å². The maximum Gasteiger partial charge on any atom is 0.334 e. The van der Waals surface area contributed by atoms with Crippen molar-refractivity contribution in [2.24, 2.45) is 0 Å². The molecule has 0 aromatic heterocycles. The van der Waals surface area contributed by atoms with Gasteiger partial charge in [0.05, 0.1) is 11.5 Å². The number of carbonyl (C=O) groups is 2. The number of rotatable bonds is 4. The van der Waals surface area contributed by atoms with Crippen molar-refractivity contribution in [2.75, 3.05) is 6.61 Å². The Labute approximate surface area is 151 Å². The van der Waals surface area contributed by atoms with E-state index in [9.17, 15) is 18.0 Å². The third kappa shape index (κ3) is 1.98. The summed E-state index contributed by atoms with van der Waals surface area (Å²) in [6.07, 6.45) is 0. The van der Waals surface area contributed by atoms with Gasteiger partial charge in [0, 0.05) is 11.1 Å². The zero-order valence-corrected chi connectivity index (χ0v) is 15.1. The van der Waals surface area contributed by atoms with E-state index >= 15 is 0 Å². The number of aryl methyl sites for hydroxylation is 1. The first-order chi connectivity index (χ1) is 12.4. The lowest BCUT2D eigenvalue weighted by Crippen LogP contribution is -2.30. The Morgan fingerprint density at radius 3 is 2.50 bits per heavy atom. The largest absolute Gasteiger partial charge is 0.464 e. The summed E-state index contributed by atoms with van der Waals surface area (Å²) in [5.41, 5.74) is -0.153. The van der Waals surface area contributed by atoms with Crippen LogP contribution in [0.15, 0.2) is 53.4 Å². The Morgan fingerprint density at radius 1 is 1.15 bits per heavy atom. The molecule has 134 valence electrons. The normalized spacial score (nSPS) is 27.3. The topological polar surface area (TPSA) is 80.5 Å². The predicted molar refractivity (Wildman–Crippen MR) is 93.1 cm³/mol. The lowest BCUT2D eigenvalue weighted by atomic mass is 9.90. The van der Waals surface area contributed by atoms with Crippen LogP contribution in [-0.4, -0.2) is 37.1 Å². The van der Waals surface area contributed by atoms with E-state index in [1.54, 1.807) is 56.3 Å². The summed E-state index contributed by atoms with van der Waals surface area (Å²) in [6.45, 7) is 3.52. The average molecular weight is 371 g/mol. The minimum atomic E-state index is -3.95. The Morgan fingerprint density at radius 2 is 1.85 bits per heavy atom. The van der Waals surface area contributed by atoms with Crippen molar-refractivity contribution in [1.82, 2.24) is 4.31 Å². The number of carbonyl (C=O) groups excluding carboxylic acids is 2. The van der Waals surface area contributed by atoms with Gasteiger partial charge in [-0.05, 0) is 25.5 Å². The van der Waals surface area contributed by atoms with Gasteiger partial charge < -0.3 is 4.74 Å². The van der Waals surface area contributed by atoms with Gasteiger partial charge in [0.15, 0.2) is 11.3 Å². The number of ether oxygens (including phenoxy) is 1. The van der Waals surface area contributed by atoms with Crippen LogP contribution in [0.1, 0.15) is 28.4 Å². The highest BCUT2D eigenvalue weighted by Gasteiger charge is 2.82. The number of fused-ring (bicyclic) bond motifs is 3. The first-order valence-corrected chi connectivity index (χ1v) is 9.73. The fourth-order valence-corrected chi connectivity index (χ4v) is 5.92. The van der Waals surface area contributed by atoms with Gasteiger partial charge in [0.2, 0.25) is 10.0 Å². The molecule has 1 unspecified atom stereocenters. The molecule has 6 nitrogen and oxygen atoms in total. The molecule has 3 atom stereocenters. The van der Waals surface area contributed by atoms with Gasteiger partial charge in [0.25, 0.3) is 0 Å². The number of nitrogens with zero attached hydrogens (tertiary/aromatic N) is 1. The standard InChI is InChI=1S/C19H17NO5S/c1-3-25-18(22)19-14-10-9-12(2)11-15(14)26(23,24)20(19)17(19)16(21)13-7-5-4-6-8-13/h4-11,17H,3H2,1-2H3/t17-,19-,20?/m0/s1. The molecule has 0 spiro atoms. The second-order valence-corrected chi connectivity index (χ2v) is 8.20. The number of ketones is 1. The van der Waals surface area contributed by atoms with Crippen molar-refractivity contribution in [3.05, 3.63) is 65.2 Å². The van der Waals surface area contributed by atoms with E-state index in [1.165, 1.54) is 6.07 Å². The molecule has 2 aliphatic rings. The maximum atomic E-state index is 13.0. The van der Waals surface area contributed by atoms with Crippen LogP contribution in [0.4, 0.5) is 0 Å². The fraction of sp³-hybridized carbons (Fsp3) is 0.263. The van der Waals surface area contributed by atoms with E-state index in [4.69, 9.17) is 4.74 Å². The molecule has 2 aromatic carbocycles. The molecule has 0 aliphatic carbocycles. The van der Waals surface area contributed by atoms with Crippen LogP contribution in [-0.2, 0) is 25.1 Å². The van der Waals surface area contributed by atoms with Crippen molar-refractivity contribution < 1.29 is 22.7 Å². The lowest BCUT2D eigenvalue weighted by molar-refractivity contribution is -0.147. The van der Waals surface area contributed by atoms with Gasteiger partial charge in [0.1, 0.15) is 6.04 Å². The number of sulfonamides is 1. The van der Waals surface area contributed by atoms with Crippen LogP contribution in [0.25, 0.3) is 0 Å². The molecule has 4 rings (SSSR count). The van der Waals surface area contributed by atoms with E-state index in [-0.39, 0.29) is 11.5 Å². The van der Waals surface area contributed by atoms with Gasteiger partial charge in [-0.15, -0.1) is 0 Å². The van der Waals surface area contributed by atoms with Crippen LogP contribution < -0.4 is 0 Å². The molecule has 1 saturated heterocycles. The van der Waals surface area contributed by atoms with E-state index < -0.39 is 33.4 Å². The van der Waals surface area contributed by atoms with E-state index in [0.29, 0.717) is 11.1 Å². The molecule has 0 radical (unpaired) electrons. The van der Waals surface area contributed by atoms with Gasteiger partial charge in [-0.1, -0.05) is 42.5 Å². The van der Waals surface area contributed by atoms with Crippen LogP contribution in [0.2, 0.25) is 0 Å². The third-order valence-corrected chi connectivity index (χ3v) is 6.80. The first-order valence-electron chi connectivity index (χ1n) is 8.29. The van der Waals surface area contributed by atoms with Crippen molar-refractivity contribution in [1.29, 1.82) is 0 Å². The summed E-state index contributed by atoms with van der Waals surface area (Å²) in [6, 6.07) is 12.1. The SMILES string of the molecule is CCOC(=O)[C@@]12c3ccc(C)cc3S(=O)(=O)N1[C@H]2C(=O)c1ccccc1. The van der Waals surface area contributed by atoms with Crippen molar-refractivity contribution >= 4 is 21.8 Å². The molecule has 0 amide bonds. The summed E-state index contributed by atoms with van der Waals surface area (Å²) < 4.78 is 32.2. The monoisotopic (exact) mass is 371 g/mol. The predicted octanol–water partition coefficient (Wildman–Crippen LogP) is 2.02. The van der Waals surface area contributed by atoms with Gasteiger partial charge in [-0.2, -0.15) is 4.31 Å². The molecule has 2 aliphatic heterocycles. The Balaban J connectivity index is 1.90. The summed E-state index contributed by atoms with van der Waals surface area (Å²) in [7, 11) is -3.95. The fourth-order valence-electron chi connectivity index (χ4n) is 3.74. The minimum absolute atomic E-state index is 0.0719. The summed E-state index contributed by atoms with van der Waals surface area (Å²) in [5.74, 6) is -1.12. The highest BCUT2D eigenvalue weighted by molar-refractivity contribution is 7.90. The maximum absolute atomic E-state index is 13.0. The number of hydrogen-bond acceptors (Lipinski definition) is 5. The van der Waals surface area contributed by atoms with Crippen molar-refractivity contribution in [2.45, 2.75) is 30.3 Å². The summed E-state index contributed by atoms with van der Waals surface area (Å²) >= 11 is 0. The van der Waals surface area contributed by atoms with Crippen LogP contribution in [0.5, 0.6) is 0 Å². The second kappa shape index (κ2) is 5.49. The smallest absolute Gasteiger partial charge is 0.334 e. The molecule has 2 aromatic rings. The van der Waals surface area contributed by atoms with Crippen LogP contribution in [0, 0.1) is 6.92 Å². The van der Waals surface area contributed by atoms with Gasteiger partial charge in [-0.3, -0.25) is 4.79 Å². The van der Waals surface area contributed by atoms with E-state index in [0.717, 1.165) is 9.87 Å². The summed E-state index contributed by atoms with van der Waals surface area (Å²) in [5, 5.41) is 0. The van der Waals surface area contributed by atoms with Gasteiger partial charge >= 0.3 is 5.97 Å². The Bertz CT molecular complexity index is 1030. The highest BCUT2D eigenvalue weighted by Crippen LogP contribution is 2.62. The first kappa shape index (κ1) is 16.9. The Hall–Kier alpha value is -2.51. The lowest BCUT2D eigenvalue weighted by Gasteiger charge is -2.13. The minimum Gasteiger partial charge on any atom is -0.464 e. The molecule has 1 fully saturated rings. The number of Topliss-reactive ketones (excluding diaryl/α,β-unsaturated/α-hetero) is 1. The molecule has 0 bridgehead atoms. The van der Waals surface area contributed by atoms with Gasteiger partial charge in [-0.25, -0.2) is 13.2 Å². The number of benzene rings is 2. The number of esters is 1.